The lowest BCUT2D eigenvalue weighted by molar-refractivity contribution is 0.141. The van der Waals surface area contributed by atoms with Gasteiger partial charge in [0, 0.05) is 18.3 Å². The first kappa shape index (κ1) is 12.1. The lowest BCUT2D eigenvalue weighted by atomic mass is 10.2. The number of anilines is 2. The van der Waals surface area contributed by atoms with Gasteiger partial charge in [-0.3, -0.25) is 0 Å². The number of benzene rings is 1. The van der Waals surface area contributed by atoms with Crippen molar-refractivity contribution in [1.82, 2.24) is 0 Å². The van der Waals surface area contributed by atoms with Crippen molar-refractivity contribution in [1.29, 1.82) is 0 Å². The van der Waals surface area contributed by atoms with Gasteiger partial charge in [-0.2, -0.15) is 0 Å². The van der Waals surface area contributed by atoms with Gasteiger partial charge < -0.3 is 15.8 Å². The maximum Gasteiger partial charge on any atom is 0.0664 e. The van der Waals surface area contributed by atoms with Crippen LogP contribution in [0.5, 0.6) is 0 Å². The van der Waals surface area contributed by atoms with E-state index in [1.807, 2.05) is 26.0 Å². The summed E-state index contributed by atoms with van der Waals surface area (Å²) in [5.74, 6) is 0. The van der Waals surface area contributed by atoms with Gasteiger partial charge >= 0.3 is 0 Å². The van der Waals surface area contributed by atoms with Crippen LogP contribution in [0.3, 0.4) is 0 Å². The lowest BCUT2D eigenvalue weighted by Gasteiger charge is -2.16. The van der Waals surface area contributed by atoms with Crippen molar-refractivity contribution in [3.05, 3.63) is 23.2 Å². The fraction of sp³-hybridized carbons (Fsp3) is 0.455. The largest absolute Gasteiger partial charge is 0.399 e. The van der Waals surface area contributed by atoms with E-state index in [1.54, 1.807) is 6.07 Å². The summed E-state index contributed by atoms with van der Waals surface area (Å²) in [4.78, 5) is 0. The molecule has 1 aromatic rings. The Kier molecular flexibility index (Phi) is 4.72. The summed E-state index contributed by atoms with van der Waals surface area (Å²) in [5.41, 5.74) is 7.16. The van der Waals surface area contributed by atoms with Gasteiger partial charge in [-0.05, 0) is 32.0 Å². The molecule has 0 spiro atoms. The minimum Gasteiger partial charge on any atom is -0.399 e. The number of hydrogen-bond acceptors (Lipinski definition) is 3. The molecule has 0 saturated heterocycles. The molecule has 0 fully saturated rings. The first-order chi connectivity index (χ1) is 7.13. The summed E-state index contributed by atoms with van der Waals surface area (Å²) in [6.07, 6.45) is 0. The molecular formula is C11H17ClN2O. The molecule has 4 heteroatoms. The molecule has 1 rings (SSSR count). The van der Waals surface area contributed by atoms with Gasteiger partial charge in [0.15, 0.2) is 0 Å². The standard InChI is InChI=1S/C11H17ClN2O/c1-3-15-7-8(2)14-11-5-4-9(13)6-10(11)12/h4-6,8,14H,3,7,13H2,1-2H3. The van der Waals surface area contributed by atoms with Crippen LogP contribution in [0.4, 0.5) is 11.4 Å². The van der Waals surface area contributed by atoms with E-state index >= 15 is 0 Å². The van der Waals surface area contributed by atoms with Crippen molar-refractivity contribution in [2.24, 2.45) is 0 Å². The Morgan fingerprint density at radius 1 is 1.53 bits per heavy atom. The average Bonchev–Trinajstić information content (AvgIpc) is 2.19. The quantitative estimate of drug-likeness (QED) is 0.762. The minimum absolute atomic E-state index is 0.228. The molecule has 3 N–H and O–H groups in total. The van der Waals surface area contributed by atoms with E-state index in [4.69, 9.17) is 22.1 Å². The minimum atomic E-state index is 0.228. The first-order valence-electron chi connectivity index (χ1n) is 5.02. The third-order valence-corrected chi connectivity index (χ3v) is 2.28. The fourth-order valence-corrected chi connectivity index (χ4v) is 1.49. The smallest absolute Gasteiger partial charge is 0.0664 e. The highest BCUT2D eigenvalue weighted by Crippen LogP contribution is 2.24. The maximum absolute atomic E-state index is 6.02. The van der Waals surface area contributed by atoms with E-state index < -0.39 is 0 Å². The second kappa shape index (κ2) is 5.83. The third-order valence-electron chi connectivity index (χ3n) is 1.97. The monoisotopic (exact) mass is 228 g/mol. The molecular weight excluding hydrogens is 212 g/mol. The van der Waals surface area contributed by atoms with E-state index in [9.17, 15) is 0 Å². The Bertz CT molecular complexity index is 317. The molecule has 1 aromatic carbocycles. The predicted octanol–water partition coefficient (Wildman–Crippen LogP) is 2.76. The molecule has 0 aliphatic carbocycles. The van der Waals surface area contributed by atoms with Crippen LogP contribution in [-0.4, -0.2) is 19.3 Å². The Hall–Kier alpha value is -0.930. The second-order valence-electron chi connectivity index (χ2n) is 3.44. The Morgan fingerprint density at radius 2 is 2.27 bits per heavy atom. The molecule has 0 aliphatic rings. The highest BCUT2D eigenvalue weighted by atomic mass is 35.5. The third kappa shape index (κ3) is 3.98. The Morgan fingerprint density at radius 3 is 2.87 bits per heavy atom. The molecule has 0 radical (unpaired) electrons. The van der Waals surface area contributed by atoms with Gasteiger partial charge in [-0.25, -0.2) is 0 Å². The molecule has 1 unspecified atom stereocenters. The SMILES string of the molecule is CCOCC(C)Nc1ccc(N)cc1Cl. The van der Waals surface area contributed by atoms with Crippen molar-refractivity contribution in [2.75, 3.05) is 24.3 Å². The Labute approximate surface area is 95.6 Å². The molecule has 0 saturated carbocycles. The van der Waals surface area contributed by atoms with Crippen LogP contribution in [0, 0.1) is 0 Å². The number of hydrogen-bond donors (Lipinski definition) is 2. The van der Waals surface area contributed by atoms with E-state index in [1.165, 1.54) is 0 Å². The summed E-state index contributed by atoms with van der Waals surface area (Å²) in [6, 6.07) is 5.66. The van der Waals surface area contributed by atoms with Gasteiger partial charge in [0.25, 0.3) is 0 Å². The number of nitrogens with two attached hydrogens (primary N) is 1. The topological polar surface area (TPSA) is 47.3 Å². The molecule has 0 amide bonds. The zero-order valence-corrected chi connectivity index (χ0v) is 9.84. The zero-order chi connectivity index (χ0) is 11.3. The van der Waals surface area contributed by atoms with E-state index in [0.29, 0.717) is 17.3 Å². The van der Waals surface area contributed by atoms with Crippen LogP contribution in [-0.2, 0) is 4.74 Å². The van der Waals surface area contributed by atoms with Crippen LogP contribution < -0.4 is 11.1 Å². The molecule has 1 atom stereocenters. The maximum atomic E-state index is 6.02. The van der Waals surface area contributed by atoms with Crippen LogP contribution in [0.15, 0.2) is 18.2 Å². The fourth-order valence-electron chi connectivity index (χ4n) is 1.25. The van der Waals surface area contributed by atoms with Gasteiger partial charge in [-0.1, -0.05) is 11.6 Å². The van der Waals surface area contributed by atoms with Gasteiger partial charge in [0.05, 0.1) is 17.3 Å². The normalized spacial score (nSPS) is 12.5. The number of nitrogens with one attached hydrogen (secondary N) is 1. The van der Waals surface area contributed by atoms with E-state index in [0.717, 1.165) is 12.3 Å². The van der Waals surface area contributed by atoms with E-state index in [2.05, 4.69) is 5.32 Å². The molecule has 0 aromatic heterocycles. The molecule has 84 valence electrons. The van der Waals surface area contributed by atoms with Crippen molar-refractivity contribution < 1.29 is 4.74 Å². The number of nitrogen functional groups attached to an aromatic ring is 1. The summed E-state index contributed by atoms with van der Waals surface area (Å²) >= 11 is 6.02. The van der Waals surface area contributed by atoms with Crippen LogP contribution in [0.2, 0.25) is 5.02 Å². The Balaban J connectivity index is 2.56. The van der Waals surface area contributed by atoms with Crippen LogP contribution >= 0.6 is 11.6 Å². The summed E-state index contributed by atoms with van der Waals surface area (Å²) in [6.45, 7) is 5.41. The van der Waals surface area contributed by atoms with Gasteiger partial charge in [0.1, 0.15) is 0 Å². The molecule has 3 nitrogen and oxygen atoms in total. The zero-order valence-electron chi connectivity index (χ0n) is 9.09. The highest BCUT2D eigenvalue weighted by molar-refractivity contribution is 6.33. The van der Waals surface area contributed by atoms with Crippen molar-refractivity contribution in [2.45, 2.75) is 19.9 Å². The number of ether oxygens (including phenoxy) is 1. The van der Waals surface area contributed by atoms with E-state index in [-0.39, 0.29) is 6.04 Å². The molecule has 0 bridgehead atoms. The van der Waals surface area contributed by atoms with Crippen LogP contribution in [0.1, 0.15) is 13.8 Å². The molecule has 0 aliphatic heterocycles. The highest BCUT2D eigenvalue weighted by Gasteiger charge is 2.05. The average molecular weight is 229 g/mol. The van der Waals surface area contributed by atoms with Gasteiger partial charge in [-0.15, -0.1) is 0 Å². The van der Waals surface area contributed by atoms with Gasteiger partial charge in [0.2, 0.25) is 0 Å². The lowest BCUT2D eigenvalue weighted by Crippen LogP contribution is -2.21. The summed E-state index contributed by atoms with van der Waals surface area (Å²) < 4.78 is 5.30. The van der Waals surface area contributed by atoms with Crippen molar-refractivity contribution >= 4 is 23.0 Å². The first-order valence-corrected chi connectivity index (χ1v) is 5.40. The molecule has 15 heavy (non-hydrogen) atoms. The second-order valence-corrected chi connectivity index (χ2v) is 3.85. The summed E-state index contributed by atoms with van der Waals surface area (Å²) in [5, 5.41) is 3.90. The van der Waals surface area contributed by atoms with Crippen LogP contribution in [0.25, 0.3) is 0 Å². The number of rotatable bonds is 5. The van der Waals surface area contributed by atoms with Crippen molar-refractivity contribution in [3.8, 4) is 0 Å². The summed E-state index contributed by atoms with van der Waals surface area (Å²) in [7, 11) is 0. The molecule has 0 heterocycles. The van der Waals surface area contributed by atoms with Crippen molar-refractivity contribution in [3.63, 3.8) is 0 Å². The predicted molar refractivity (Wildman–Crippen MR) is 65.4 cm³/mol. The number of halogens is 1.